The number of amides is 2. The molecule has 0 radical (unpaired) electrons. The van der Waals surface area contributed by atoms with Gasteiger partial charge in [-0.25, -0.2) is 18.7 Å². The van der Waals surface area contributed by atoms with Gasteiger partial charge < -0.3 is 14.8 Å². The number of carbonyl (C=O) groups is 2. The summed E-state index contributed by atoms with van der Waals surface area (Å²) < 4.78 is 37.6. The van der Waals surface area contributed by atoms with Crippen molar-refractivity contribution in [2.24, 2.45) is 0 Å². The molecule has 1 saturated heterocycles. The molecule has 1 aliphatic rings. The van der Waals surface area contributed by atoms with Crippen LogP contribution in [0.4, 0.5) is 4.79 Å². The molecule has 2 rings (SSSR count). The van der Waals surface area contributed by atoms with Crippen LogP contribution in [0.25, 0.3) is 0 Å². The van der Waals surface area contributed by atoms with Crippen LogP contribution in [0.2, 0.25) is 0 Å². The molecule has 1 aromatic rings. The minimum Gasteiger partial charge on any atom is -0.481 e. The summed E-state index contributed by atoms with van der Waals surface area (Å²) in [5, 5.41) is 11.8. The smallest absolute Gasteiger partial charge is 0.407 e. The lowest BCUT2D eigenvalue weighted by Gasteiger charge is -2.43. The Balaban J connectivity index is 1.93. The van der Waals surface area contributed by atoms with E-state index in [1.54, 1.807) is 40.1 Å². The van der Waals surface area contributed by atoms with E-state index >= 15 is 0 Å². The first kappa shape index (κ1) is 28.8. The van der Waals surface area contributed by atoms with E-state index in [0.29, 0.717) is 24.5 Å². The largest absolute Gasteiger partial charge is 0.481 e. The highest BCUT2D eigenvalue weighted by Crippen LogP contribution is 2.38. The summed E-state index contributed by atoms with van der Waals surface area (Å²) >= 11 is 1.47. The fourth-order valence-corrected chi connectivity index (χ4v) is 6.47. The van der Waals surface area contributed by atoms with Crippen LogP contribution in [0, 0.1) is 11.8 Å². The number of thioether (sulfide) groups is 1. The predicted octanol–water partition coefficient (Wildman–Crippen LogP) is 2.37. The van der Waals surface area contributed by atoms with Gasteiger partial charge in [-0.2, -0.15) is 16.1 Å². The SMILES string of the molecule is CC(C)(C)OC(=O)NCCC#CCOc1ccc(S(=O)(=O)N2CCSC(C)(C)[C@@H]2C(=O)NO)cc1. The first-order chi connectivity index (χ1) is 16.3. The third-order valence-electron chi connectivity index (χ3n) is 4.88. The summed E-state index contributed by atoms with van der Waals surface area (Å²) in [6.07, 6.45) is -0.0758. The Morgan fingerprint density at radius 2 is 1.89 bits per heavy atom. The molecule has 10 nitrogen and oxygen atoms in total. The van der Waals surface area contributed by atoms with Crippen molar-refractivity contribution in [2.45, 2.75) is 62.3 Å². The zero-order valence-electron chi connectivity index (χ0n) is 20.6. The van der Waals surface area contributed by atoms with E-state index in [9.17, 15) is 18.0 Å². The average Bonchev–Trinajstić information content (AvgIpc) is 2.76. The van der Waals surface area contributed by atoms with E-state index in [-0.39, 0.29) is 18.0 Å². The van der Waals surface area contributed by atoms with Crippen LogP contribution < -0.4 is 15.5 Å². The summed E-state index contributed by atoms with van der Waals surface area (Å²) in [7, 11) is -3.99. The molecule has 194 valence electrons. The van der Waals surface area contributed by atoms with E-state index in [1.807, 2.05) is 0 Å². The molecule has 1 atom stereocenters. The highest BCUT2D eigenvalue weighted by molar-refractivity contribution is 8.00. The Bertz CT molecular complexity index is 1060. The van der Waals surface area contributed by atoms with Gasteiger partial charge in [0.15, 0.2) is 0 Å². The van der Waals surface area contributed by atoms with Crippen molar-refractivity contribution in [3.8, 4) is 17.6 Å². The molecule has 1 fully saturated rings. The van der Waals surface area contributed by atoms with Gasteiger partial charge in [0.05, 0.1) is 4.90 Å². The highest BCUT2D eigenvalue weighted by Gasteiger charge is 2.48. The Kier molecular flexibility index (Phi) is 9.85. The van der Waals surface area contributed by atoms with Crippen LogP contribution in [-0.4, -0.2) is 71.8 Å². The summed E-state index contributed by atoms with van der Waals surface area (Å²) in [4.78, 5) is 23.8. The molecule has 1 aliphatic heterocycles. The highest BCUT2D eigenvalue weighted by atomic mass is 32.2. The number of ether oxygens (including phenoxy) is 2. The zero-order chi connectivity index (χ0) is 26.3. The number of carbonyl (C=O) groups excluding carboxylic acids is 2. The van der Waals surface area contributed by atoms with E-state index < -0.39 is 38.4 Å². The molecule has 0 saturated carbocycles. The van der Waals surface area contributed by atoms with Crippen LogP contribution in [0.3, 0.4) is 0 Å². The molecular formula is C23H33N3O7S2. The van der Waals surface area contributed by atoms with Crippen molar-refractivity contribution in [2.75, 3.05) is 25.4 Å². The van der Waals surface area contributed by atoms with Gasteiger partial charge >= 0.3 is 6.09 Å². The zero-order valence-corrected chi connectivity index (χ0v) is 22.2. The second kappa shape index (κ2) is 12.0. The van der Waals surface area contributed by atoms with Crippen molar-refractivity contribution in [1.82, 2.24) is 15.1 Å². The maximum absolute atomic E-state index is 13.3. The molecule has 35 heavy (non-hydrogen) atoms. The first-order valence-corrected chi connectivity index (χ1v) is 13.5. The average molecular weight is 528 g/mol. The number of nitrogens with zero attached hydrogens (tertiary/aromatic N) is 1. The third-order valence-corrected chi connectivity index (χ3v) is 8.11. The third kappa shape index (κ3) is 8.31. The number of alkyl carbamates (subject to hydrolysis) is 1. The summed E-state index contributed by atoms with van der Waals surface area (Å²) in [6.45, 7) is 9.47. The van der Waals surface area contributed by atoms with Gasteiger partial charge in [0, 0.05) is 30.0 Å². The van der Waals surface area contributed by atoms with Crippen LogP contribution in [0.15, 0.2) is 29.2 Å². The van der Waals surface area contributed by atoms with Gasteiger partial charge in [-0.05, 0) is 58.9 Å². The molecule has 0 unspecified atom stereocenters. The molecule has 3 N–H and O–H groups in total. The number of nitrogens with one attached hydrogen (secondary N) is 2. The Labute approximate surface area is 211 Å². The lowest BCUT2D eigenvalue weighted by molar-refractivity contribution is -0.134. The number of sulfonamides is 1. The fourth-order valence-electron chi connectivity index (χ4n) is 3.36. The molecule has 12 heteroatoms. The van der Waals surface area contributed by atoms with E-state index in [0.717, 1.165) is 4.31 Å². The minimum atomic E-state index is -3.99. The molecule has 0 bridgehead atoms. The van der Waals surface area contributed by atoms with Gasteiger partial charge in [0.25, 0.3) is 5.91 Å². The van der Waals surface area contributed by atoms with Gasteiger partial charge in [-0.15, -0.1) is 0 Å². The quantitative estimate of drug-likeness (QED) is 0.213. The standard InChI is InChI=1S/C23H33N3O7S2/c1-22(2,3)33-21(28)24-13-7-6-8-15-32-17-9-11-18(12-10-17)35(30,31)26-14-16-34-23(4,5)19(26)20(27)25-29/h9-12,19,29H,7,13-16H2,1-5H3,(H,24,28)(H,25,27)/t19-/m0/s1. The summed E-state index contributed by atoms with van der Waals surface area (Å²) in [5.41, 5.74) is 1.03. The van der Waals surface area contributed by atoms with Gasteiger partial charge in [-0.1, -0.05) is 11.8 Å². The molecule has 0 spiro atoms. The van der Waals surface area contributed by atoms with Crippen LogP contribution in [0.5, 0.6) is 5.75 Å². The maximum atomic E-state index is 13.3. The number of hydroxylamine groups is 1. The second-order valence-electron chi connectivity index (χ2n) is 9.24. The molecule has 1 aromatic carbocycles. The molecule has 0 aromatic heterocycles. The number of hydrogen-bond acceptors (Lipinski definition) is 8. The molecule has 1 heterocycles. The van der Waals surface area contributed by atoms with Gasteiger partial charge in [0.1, 0.15) is 24.0 Å². The van der Waals surface area contributed by atoms with Crippen LogP contribution in [-0.2, 0) is 19.6 Å². The topological polar surface area (TPSA) is 134 Å². The Morgan fingerprint density at radius 3 is 2.49 bits per heavy atom. The van der Waals surface area contributed by atoms with Gasteiger partial charge in [-0.3, -0.25) is 10.0 Å². The number of hydrogen-bond donors (Lipinski definition) is 3. The van der Waals surface area contributed by atoms with Crippen molar-refractivity contribution < 1.29 is 32.7 Å². The lowest BCUT2D eigenvalue weighted by atomic mass is 10.0. The monoisotopic (exact) mass is 527 g/mol. The molecule has 2 amide bonds. The predicted molar refractivity (Wildman–Crippen MR) is 133 cm³/mol. The van der Waals surface area contributed by atoms with E-state index in [2.05, 4.69) is 17.2 Å². The lowest BCUT2D eigenvalue weighted by Crippen LogP contribution is -2.61. The number of rotatable bonds is 7. The maximum Gasteiger partial charge on any atom is 0.407 e. The Morgan fingerprint density at radius 1 is 1.23 bits per heavy atom. The Hall–Kier alpha value is -2.46. The van der Waals surface area contributed by atoms with E-state index in [1.165, 1.54) is 36.0 Å². The van der Waals surface area contributed by atoms with Gasteiger partial charge in [0.2, 0.25) is 10.0 Å². The van der Waals surface area contributed by atoms with Crippen LogP contribution >= 0.6 is 11.8 Å². The summed E-state index contributed by atoms with van der Waals surface area (Å²) in [6, 6.07) is 4.79. The van der Waals surface area contributed by atoms with Crippen LogP contribution in [0.1, 0.15) is 41.0 Å². The van der Waals surface area contributed by atoms with Crippen molar-refractivity contribution in [3.05, 3.63) is 24.3 Å². The summed E-state index contributed by atoms with van der Waals surface area (Å²) in [5.74, 6) is 5.88. The van der Waals surface area contributed by atoms with Crippen molar-refractivity contribution in [1.29, 1.82) is 0 Å². The van der Waals surface area contributed by atoms with E-state index in [4.69, 9.17) is 14.7 Å². The first-order valence-electron chi connectivity index (χ1n) is 11.0. The molecule has 0 aliphatic carbocycles. The van der Waals surface area contributed by atoms with Crippen molar-refractivity contribution >= 4 is 33.8 Å². The minimum absolute atomic E-state index is 0.0163. The number of benzene rings is 1. The second-order valence-corrected chi connectivity index (χ2v) is 12.9. The normalized spacial score (nSPS) is 18.1. The molecular weight excluding hydrogens is 494 g/mol. The fraction of sp³-hybridized carbons (Fsp3) is 0.565. The van der Waals surface area contributed by atoms with Crippen molar-refractivity contribution in [3.63, 3.8) is 0 Å².